The van der Waals surface area contributed by atoms with Crippen molar-refractivity contribution in [2.24, 2.45) is 0 Å². The predicted molar refractivity (Wildman–Crippen MR) is 111 cm³/mol. The summed E-state index contributed by atoms with van der Waals surface area (Å²) in [6, 6.07) is 16.4. The molecule has 0 fully saturated rings. The van der Waals surface area contributed by atoms with Crippen molar-refractivity contribution < 1.29 is 14.3 Å². The van der Waals surface area contributed by atoms with E-state index in [0.717, 1.165) is 16.9 Å². The van der Waals surface area contributed by atoms with Gasteiger partial charge in [-0.2, -0.15) is 0 Å². The van der Waals surface area contributed by atoms with Crippen LogP contribution >= 0.6 is 11.6 Å². The molecule has 28 heavy (non-hydrogen) atoms. The Kier molecular flexibility index (Phi) is 6.34. The number of carbonyl (C=O) groups is 1. The number of ether oxygens (including phenoxy) is 2. The number of aryl methyl sites for hydroxylation is 1. The number of nitrogens with zero attached hydrogens (tertiary/aromatic N) is 1. The molecule has 0 bridgehead atoms. The summed E-state index contributed by atoms with van der Waals surface area (Å²) < 4.78 is 10.6. The molecule has 0 aliphatic carbocycles. The van der Waals surface area contributed by atoms with Gasteiger partial charge in [0.2, 0.25) is 0 Å². The minimum atomic E-state index is -0.282. The lowest BCUT2D eigenvalue weighted by molar-refractivity contribution is -0.118. The second-order valence-corrected chi connectivity index (χ2v) is 6.46. The van der Waals surface area contributed by atoms with Gasteiger partial charge in [-0.05, 0) is 49.4 Å². The lowest BCUT2D eigenvalue weighted by Crippen LogP contribution is -2.20. The third-order valence-corrected chi connectivity index (χ3v) is 4.16. The summed E-state index contributed by atoms with van der Waals surface area (Å²) in [7, 11) is 1.57. The molecule has 1 heterocycles. The number of pyridine rings is 1. The molecule has 1 amide bonds. The molecule has 3 rings (SSSR count). The first-order valence-corrected chi connectivity index (χ1v) is 8.97. The summed E-state index contributed by atoms with van der Waals surface area (Å²) in [6.07, 6.45) is 1.62. The molecule has 2 N–H and O–H groups in total. The average molecular weight is 398 g/mol. The van der Waals surface area contributed by atoms with Crippen molar-refractivity contribution in [1.29, 1.82) is 0 Å². The number of methoxy groups -OCH3 is 1. The van der Waals surface area contributed by atoms with Gasteiger partial charge in [-0.1, -0.05) is 29.3 Å². The first-order chi connectivity index (χ1) is 13.5. The zero-order valence-corrected chi connectivity index (χ0v) is 16.3. The van der Waals surface area contributed by atoms with Crippen LogP contribution in [-0.2, 0) is 4.79 Å². The van der Waals surface area contributed by atoms with Crippen LogP contribution in [0, 0.1) is 6.92 Å². The third kappa shape index (κ3) is 5.37. The van der Waals surface area contributed by atoms with Crippen molar-refractivity contribution in [1.82, 2.24) is 4.98 Å². The van der Waals surface area contributed by atoms with Gasteiger partial charge in [0.05, 0.1) is 24.0 Å². The molecular formula is C21H20ClN3O3. The fourth-order valence-electron chi connectivity index (χ4n) is 2.41. The van der Waals surface area contributed by atoms with Crippen molar-refractivity contribution in [2.45, 2.75) is 6.92 Å². The van der Waals surface area contributed by atoms with Crippen LogP contribution in [0.5, 0.6) is 11.5 Å². The molecule has 144 valence electrons. The lowest BCUT2D eigenvalue weighted by Gasteiger charge is -2.10. The number of hydrogen-bond acceptors (Lipinski definition) is 5. The molecule has 0 radical (unpaired) electrons. The molecule has 0 saturated heterocycles. The molecule has 0 unspecified atom stereocenters. The van der Waals surface area contributed by atoms with Crippen LogP contribution in [0.2, 0.25) is 5.02 Å². The predicted octanol–water partition coefficient (Wildman–Crippen LogP) is 4.81. The molecule has 6 nitrogen and oxygen atoms in total. The van der Waals surface area contributed by atoms with Crippen LogP contribution in [-0.4, -0.2) is 24.6 Å². The summed E-state index contributed by atoms with van der Waals surface area (Å²) in [5.74, 6) is 1.41. The summed E-state index contributed by atoms with van der Waals surface area (Å²) >= 11 is 6.12. The van der Waals surface area contributed by atoms with E-state index in [-0.39, 0.29) is 12.5 Å². The highest BCUT2D eigenvalue weighted by Gasteiger charge is 2.06. The Balaban J connectivity index is 1.53. The zero-order valence-electron chi connectivity index (χ0n) is 15.5. The minimum absolute atomic E-state index is 0.0882. The second-order valence-electron chi connectivity index (χ2n) is 6.06. The second kappa shape index (κ2) is 9.10. The molecule has 7 heteroatoms. The van der Waals surface area contributed by atoms with Crippen molar-refractivity contribution in [2.75, 3.05) is 24.4 Å². The molecule has 0 aliphatic rings. The number of anilines is 3. The van der Waals surface area contributed by atoms with Crippen molar-refractivity contribution >= 4 is 34.7 Å². The van der Waals surface area contributed by atoms with Crippen molar-refractivity contribution in [3.63, 3.8) is 0 Å². The number of nitrogens with one attached hydrogen (secondary N) is 2. The van der Waals surface area contributed by atoms with Crippen molar-refractivity contribution in [3.8, 4) is 11.5 Å². The van der Waals surface area contributed by atoms with Crippen LogP contribution in [0.15, 0.2) is 60.8 Å². The maximum atomic E-state index is 12.0. The zero-order chi connectivity index (χ0) is 19.9. The smallest absolute Gasteiger partial charge is 0.263 e. The third-order valence-electron chi connectivity index (χ3n) is 3.86. The molecule has 0 spiro atoms. The number of hydrogen-bond donors (Lipinski definition) is 2. The van der Waals surface area contributed by atoms with E-state index in [1.54, 1.807) is 31.5 Å². The number of rotatable bonds is 7. The largest absolute Gasteiger partial charge is 0.495 e. The number of amides is 1. The summed E-state index contributed by atoms with van der Waals surface area (Å²) in [4.78, 5) is 16.2. The summed E-state index contributed by atoms with van der Waals surface area (Å²) in [5, 5.41) is 6.40. The van der Waals surface area contributed by atoms with Gasteiger partial charge in [0.25, 0.3) is 5.91 Å². The number of benzene rings is 2. The van der Waals surface area contributed by atoms with Gasteiger partial charge in [-0.3, -0.25) is 4.79 Å². The SMILES string of the molecule is COc1ccc(Nc2ccc(NC(=O)COc3ccc(C)cc3)nc2)cc1Cl. The Morgan fingerprint density at radius 2 is 1.82 bits per heavy atom. The molecule has 3 aromatic rings. The Labute approximate surface area is 168 Å². The van der Waals surface area contributed by atoms with E-state index in [0.29, 0.717) is 22.3 Å². The number of aromatic nitrogens is 1. The molecule has 2 aromatic carbocycles. The Hall–Kier alpha value is -3.25. The fraction of sp³-hybridized carbons (Fsp3) is 0.143. The van der Waals surface area contributed by atoms with Crippen LogP contribution in [0.1, 0.15) is 5.56 Å². The first-order valence-electron chi connectivity index (χ1n) is 8.59. The minimum Gasteiger partial charge on any atom is -0.495 e. The monoisotopic (exact) mass is 397 g/mol. The van der Waals surface area contributed by atoms with Gasteiger partial charge < -0.3 is 20.1 Å². The van der Waals surface area contributed by atoms with Crippen LogP contribution in [0.4, 0.5) is 17.2 Å². The standard InChI is InChI=1S/C21H20ClN3O3/c1-14-3-7-17(8-4-14)28-13-21(26)25-20-10-6-16(12-23-20)24-15-5-9-19(27-2)18(22)11-15/h3-12,24H,13H2,1-2H3,(H,23,25,26). The van der Waals surface area contributed by atoms with Gasteiger partial charge in [-0.25, -0.2) is 4.98 Å². The Bertz CT molecular complexity index is 944. The maximum Gasteiger partial charge on any atom is 0.263 e. The first kappa shape index (κ1) is 19.5. The quantitative estimate of drug-likeness (QED) is 0.598. The lowest BCUT2D eigenvalue weighted by atomic mass is 10.2. The van der Waals surface area contributed by atoms with E-state index >= 15 is 0 Å². The van der Waals surface area contributed by atoms with Gasteiger partial charge in [-0.15, -0.1) is 0 Å². The van der Waals surface area contributed by atoms with Crippen LogP contribution in [0.3, 0.4) is 0 Å². The Morgan fingerprint density at radius 3 is 2.46 bits per heavy atom. The normalized spacial score (nSPS) is 10.2. The highest BCUT2D eigenvalue weighted by Crippen LogP contribution is 2.28. The molecular weight excluding hydrogens is 378 g/mol. The van der Waals surface area contributed by atoms with Gasteiger partial charge in [0.1, 0.15) is 17.3 Å². The van der Waals surface area contributed by atoms with Crippen LogP contribution < -0.4 is 20.1 Å². The Morgan fingerprint density at radius 1 is 1.07 bits per heavy atom. The fourth-order valence-corrected chi connectivity index (χ4v) is 2.67. The van der Waals surface area contributed by atoms with E-state index in [1.807, 2.05) is 43.3 Å². The van der Waals surface area contributed by atoms with Gasteiger partial charge in [0, 0.05) is 5.69 Å². The molecule has 0 aliphatic heterocycles. The van der Waals surface area contributed by atoms with Gasteiger partial charge in [0.15, 0.2) is 6.61 Å². The van der Waals surface area contributed by atoms with Gasteiger partial charge >= 0.3 is 0 Å². The molecule has 1 aromatic heterocycles. The molecule has 0 saturated carbocycles. The highest BCUT2D eigenvalue weighted by molar-refractivity contribution is 6.32. The maximum absolute atomic E-state index is 12.0. The summed E-state index contributed by atoms with van der Waals surface area (Å²) in [6.45, 7) is 1.90. The van der Waals surface area contributed by atoms with E-state index in [2.05, 4.69) is 15.6 Å². The van der Waals surface area contributed by atoms with E-state index in [9.17, 15) is 4.79 Å². The van der Waals surface area contributed by atoms with E-state index in [1.165, 1.54) is 0 Å². The highest BCUT2D eigenvalue weighted by atomic mass is 35.5. The number of halogens is 1. The van der Waals surface area contributed by atoms with E-state index in [4.69, 9.17) is 21.1 Å². The van der Waals surface area contributed by atoms with Crippen LogP contribution in [0.25, 0.3) is 0 Å². The topological polar surface area (TPSA) is 72.5 Å². The summed E-state index contributed by atoms with van der Waals surface area (Å²) in [5.41, 5.74) is 2.69. The van der Waals surface area contributed by atoms with E-state index < -0.39 is 0 Å². The molecule has 0 atom stereocenters. The number of carbonyl (C=O) groups excluding carboxylic acids is 1. The average Bonchev–Trinajstić information content (AvgIpc) is 2.69. The van der Waals surface area contributed by atoms with Crippen molar-refractivity contribution in [3.05, 3.63) is 71.4 Å².